The van der Waals surface area contributed by atoms with Crippen molar-refractivity contribution >= 4 is 34.4 Å². The number of piperazine rings is 1. The van der Waals surface area contributed by atoms with Crippen LogP contribution in [0.15, 0.2) is 48.5 Å². The van der Waals surface area contributed by atoms with Crippen molar-refractivity contribution < 1.29 is 23.4 Å². The van der Waals surface area contributed by atoms with Gasteiger partial charge in [0.25, 0.3) is 0 Å². The fourth-order valence-electron chi connectivity index (χ4n) is 6.44. The summed E-state index contributed by atoms with van der Waals surface area (Å²) in [4.78, 5) is 26.9. The molecule has 1 aliphatic carbocycles. The Balaban J connectivity index is 1.08. The van der Waals surface area contributed by atoms with E-state index in [4.69, 9.17) is 41.0 Å². The third kappa shape index (κ3) is 5.70. The molecule has 4 heterocycles. The summed E-state index contributed by atoms with van der Waals surface area (Å²) in [5, 5.41) is 9.41. The van der Waals surface area contributed by atoms with E-state index in [0.717, 1.165) is 56.1 Å². The number of imidazole rings is 1. The zero-order chi connectivity index (χ0) is 31.1. The molecule has 12 heteroatoms. The van der Waals surface area contributed by atoms with Crippen LogP contribution in [0.2, 0.25) is 5.02 Å². The van der Waals surface area contributed by atoms with Gasteiger partial charge in [-0.15, -0.1) is 0 Å². The minimum absolute atomic E-state index is 0.0197. The fraction of sp³-hybridized carbons (Fsp3) is 0.394. The average molecular weight is 631 g/mol. The van der Waals surface area contributed by atoms with Gasteiger partial charge >= 0.3 is 5.97 Å². The summed E-state index contributed by atoms with van der Waals surface area (Å²) in [7, 11) is 1.36. The van der Waals surface area contributed by atoms with Crippen molar-refractivity contribution in [2.75, 3.05) is 31.7 Å². The normalized spacial score (nSPS) is 21.0. The number of methoxy groups -OCH3 is 1. The van der Waals surface area contributed by atoms with E-state index in [1.165, 1.54) is 13.2 Å². The fourth-order valence-corrected chi connectivity index (χ4v) is 6.69. The van der Waals surface area contributed by atoms with E-state index in [-0.39, 0.29) is 18.3 Å². The second-order valence-electron chi connectivity index (χ2n) is 11.7. The maximum atomic E-state index is 14.4. The highest BCUT2D eigenvalue weighted by atomic mass is 35.5. The summed E-state index contributed by atoms with van der Waals surface area (Å²) in [6.45, 7) is 3.65. The topological polar surface area (TPSA) is 106 Å². The van der Waals surface area contributed by atoms with E-state index in [9.17, 15) is 9.18 Å². The first-order valence-corrected chi connectivity index (χ1v) is 15.5. The van der Waals surface area contributed by atoms with E-state index < -0.39 is 11.8 Å². The second kappa shape index (κ2) is 12.3. The van der Waals surface area contributed by atoms with E-state index in [2.05, 4.69) is 14.4 Å². The Hall–Kier alpha value is -4.24. The van der Waals surface area contributed by atoms with E-state index >= 15 is 0 Å². The molecule has 2 aromatic carbocycles. The highest BCUT2D eigenvalue weighted by Gasteiger charge is 2.44. The third-order valence-electron chi connectivity index (χ3n) is 9.09. The first-order valence-electron chi connectivity index (χ1n) is 15.1. The number of esters is 1. The largest absolute Gasteiger partial charge is 0.473 e. The number of anilines is 1. The van der Waals surface area contributed by atoms with Crippen LogP contribution in [-0.2, 0) is 29.2 Å². The predicted octanol–water partition coefficient (Wildman–Crippen LogP) is 5.10. The molecule has 0 radical (unpaired) electrons. The Kier molecular flexibility index (Phi) is 8.04. The molecule has 0 spiro atoms. The lowest BCUT2D eigenvalue weighted by Gasteiger charge is -2.54. The van der Waals surface area contributed by atoms with Crippen LogP contribution in [0.3, 0.4) is 0 Å². The van der Waals surface area contributed by atoms with Gasteiger partial charge in [0.05, 0.1) is 54.0 Å². The van der Waals surface area contributed by atoms with Gasteiger partial charge in [-0.1, -0.05) is 23.7 Å². The molecule has 2 aromatic heterocycles. The van der Waals surface area contributed by atoms with Crippen molar-refractivity contribution in [2.24, 2.45) is 0 Å². The number of nitrogens with zero attached hydrogens (tertiary/aromatic N) is 6. The first-order chi connectivity index (χ1) is 21.9. The molecule has 3 atom stereocenters. The molecule has 7 rings (SSSR count). The van der Waals surface area contributed by atoms with Crippen LogP contribution < -0.4 is 9.64 Å². The number of halogens is 2. The molecule has 4 aromatic rings. The quantitative estimate of drug-likeness (QED) is 0.234. The van der Waals surface area contributed by atoms with Crippen LogP contribution in [-0.4, -0.2) is 70.4 Å². The zero-order valence-electron chi connectivity index (χ0n) is 24.8. The molecule has 0 unspecified atom stereocenters. The van der Waals surface area contributed by atoms with Gasteiger partial charge in [-0.05, 0) is 49.6 Å². The Labute approximate surface area is 264 Å². The number of fused-ring (bicyclic) bond motifs is 2. The molecular formula is C33H32ClFN6O4. The number of rotatable bonds is 9. The minimum atomic E-state index is -0.474. The van der Waals surface area contributed by atoms with Crippen molar-refractivity contribution in [3.8, 4) is 11.9 Å². The van der Waals surface area contributed by atoms with Gasteiger partial charge < -0.3 is 23.7 Å². The number of hydrogen-bond acceptors (Lipinski definition) is 9. The van der Waals surface area contributed by atoms with Gasteiger partial charge in [0.15, 0.2) is 0 Å². The number of pyridine rings is 1. The summed E-state index contributed by atoms with van der Waals surface area (Å²) in [5.41, 5.74) is 2.51. The summed E-state index contributed by atoms with van der Waals surface area (Å²) >= 11 is 6.63. The Morgan fingerprint density at radius 2 is 1.98 bits per heavy atom. The van der Waals surface area contributed by atoms with Crippen LogP contribution in [0.1, 0.15) is 46.6 Å². The summed E-state index contributed by atoms with van der Waals surface area (Å²) in [6, 6.07) is 16.0. The average Bonchev–Trinajstić information content (AvgIpc) is 3.35. The molecular weight excluding hydrogens is 599 g/mol. The molecule has 232 valence electrons. The van der Waals surface area contributed by atoms with Crippen LogP contribution in [0.25, 0.3) is 11.0 Å². The maximum absolute atomic E-state index is 14.4. The summed E-state index contributed by atoms with van der Waals surface area (Å²) < 4.78 is 33.1. The van der Waals surface area contributed by atoms with E-state index in [0.29, 0.717) is 52.7 Å². The van der Waals surface area contributed by atoms with Crippen LogP contribution in [0, 0.1) is 17.1 Å². The molecule has 0 amide bonds. The van der Waals surface area contributed by atoms with Crippen molar-refractivity contribution in [1.82, 2.24) is 19.4 Å². The van der Waals surface area contributed by atoms with Crippen molar-refractivity contribution in [1.29, 1.82) is 5.26 Å². The monoisotopic (exact) mass is 630 g/mol. The number of aromatic nitrogens is 3. The second-order valence-corrected chi connectivity index (χ2v) is 12.1. The number of carbonyl (C=O) groups is 1. The number of ether oxygens (including phenoxy) is 3. The van der Waals surface area contributed by atoms with Gasteiger partial charge in [-0.25, -0.2) is 14.2 Å². The maximum Gasteiger partial charge on any atom is 0.337 e. The van der Waals surface area contributed by atoms with E-state index in [1.807, 2.05) is 24.3 Å². The van der Waals surface area contributed by atoms with Crippen molar-refractivity contribution in [3.05, 3.63) is 81.9 Å². The number of benzene rings is 2. The number of hydrogen-bond donors (Lipinski definition) is 0. The van der Waals surface area contributed by atoms with Gasteiger partial charge in [0, 0.05) is 43.4 Å². The van der Waals surface area contributed by atoms with Crippen molar-refractivity contribution in [2.45, 2.75) is 57.1 Å². The number of nitriles is 1. The molecule has 2 aliphatic heterocycles. The number of carbonyl (C=O) groups excluding carboxylic acids is 1. The molecule has 10 nitrogen and oxygen atoms in total. The van der Waals surface area contributed by atoms with Crippen LogP contribution in [0.5, 0.6) is 5.88 Å². The molecule has 1 saturated carbocycles. The van der Waals surface area contributed by atoms with Crippen LogP contribution in [0.4, 0.5) is 10.2 Å². The smallest absolute Gasteiger partial charge is 0.337 e. The molecule has 3 fully saturated rings. The van der Waals surface area contributed by atoms with E-state index in [1.54, 1.807) is 24.3 Å². The molecule has 45 heavy (non-hydrogen) atoms. The minimum Gasteiger partial charge on any atom is -0.473 e. The first kappa shape index (κ1) is 29.5. The van der Waals surface area contributed by atoms with Crippen LogP contribution >= 0.6 is 11.6 Å². The highest BCUT2D eigenvalue weighted by Crippen LogP contribution is 2.38. The summed E-state index contributed by atoms with van der Waals surface area (Å²) in [5.74, 6) is 1.24. The molecule has 0 bridgehead atoms. The van der Waals surface area contributed by atoms with Gasteiger partial charge in [0.2, 0.25) is 5.88 Å². The Morgan fingerprint density at radius 3 is 2.69 bits per heavy atom. The highest BCUT2D eigenvalue weighted by molar-refractivity contribution is 6.35. The lowest BCUT2D eigenvalue weighted by atomic mass is 9.81. The van der Waals surface area contributed by atoms with Gasteiger partial charge in [-0.3, -0.25) is 4.90 Å². The predicted molar refractivity (Wildman–Crippen MR) is 165 cm³/mol. The Morgan fingerprint density at radius 1 is 1.13 bits per heavy atom. The zero-order valence-corrected chi connectivity index (χ0v) is 25.5. The lowest BCUT2D eigenvalue weighted by Crippen LogP contribution is -2.64. The van der Waals surface area contributed by atoms with Crippen molar-refractivity contribution in [3.63, 3.8) is 0 Å². The standard InChI is InChI=1S/C33H32ClFN6O4/c1-43-33(42)22-14-24(34)32-28(15-22)41(17-23-9-12-44-23)30(38-32)18-39-10-11-40(27-8-7-26(27)39)29-3-2-4-31(37-29)45-19-21-6-5-20(16-36)13-25(21)35/h2-6,13-15,23,26-27H,7-12,17-19H2,1H3/t23-,26-,27+/m1/s1. The lowest BCUT2D eigenvalue weighted by molar-refractivity contribution is -0.0594. The molecule has 3 aliphatic rings. The molecule has 2 saturated heterocycles. The molecule has 0 N–H and O–H groups in total. The van der Waals surface area contributed by atoms with Gasteiger partial charge in [-0.2, -0.15) is 10.2 Å². The third-order valence-corrected chi connectivity index (χ3v) is 9.38. The Bertz CT molecular complexity index is 1800. The van der Waals surface area contributed by atoms with Gasteiger partial charge in [0.1, 0.15) is 29.6 Å². The SMILES string of the molecule is COC(=O)c1cc(Cl)c2nc(CN3CCN(c4cccc(OCc5ccc(C#N)cc5F)n4)[C@H]4CC[C@H]43)n(C[C@H]3CCO3)c2c1. The summed E-state index contributed by atoms with van der Waals surface area (Å²) in [6.07, 6.45) is 3.19.